The van der Waals surface area contributed by atoms with E-state index in [0.717, 1.165) is 12.1 Å². The summed E-state index contributed by atoms with van der Waals surface area (Å²) in [5.41, 5.74) is 0. The predicted octanol–water partition coefficient (Wildman–Crippen LogP) is 1.75. The van der Waals surface area contributed by atoms with Crippen LogP contribution in [0.3, 0.4) is 0 Å². The number of nitrogens with zero attached hydrogens (tertiary/aromatic N) is 2. The van der Waals surface area contributed by atoms with Gasteiger partial charge in [0.2, 0.25) is 0 Å². The van der Waals surface area contributed by atoms with Gasteiger partial charge in [-0.25, -0.2) is 3.11 Å². The molecule has 0 aliphatic carbocycles. The SMILES string of the molecule is CC[C@H]1CN(C)[C@H](C)CN1I. The summed E-state index contributed by atoms with van der Waals surface area (Å²) < 4.78 is 2.45. The highest BCUT2D eigenvalue weighted by Gasteiger charge is 2.26. The van der Waals surface area contributed by atoms with Crippen LogP contribution in [0.25, 0.3) is 0 Å². The molecule has 1 aliphatic rings. The Morgan fingerprint density at radius 1 is 1.45 bits per heavy atom. The number of halogens is 1. The molecule has 0 bridgehead atoms. The molecule has 2 nitrogen and oxygen atoms in total. The summed E-state index contributed by atoms with van der Waals surface area (Å²) in [7, 11) is 2.22. The Morgan fingerprint density at radius 3 is 2.64 bits per heavy atom. The van der Waals surface area contributed by atoms with Crippen molar-refractivity contribution in [2.24, 2.45) is 0 Å². The van der Waals surface area contributed by atoms with Gasteiger partial charge in [0.25, 0.3) is 0 Å². The van der Waals surface area contributed by atoms with Crippen LogP contribution < -0.4 is 0 Å². The molecule has 1 saturated heterocycles. The van der Waals surface area contributed by atoms with Crippen LogP contribution in [0.2, 0.25) is 0 Å². The lowest BCUT2D eigenvalue weighted by Crippen LogP contribution is -2.51. The highest BCUT2D eigenvalue weighted by Crippen LogP contribution is 2.19. The third-order valence-electron chi connectivity index (χ3n) is 2.56. The third kappa shape index (κ3) is 2.29. The standard InChI is InChI=1S/C8H17IN2/c1-4-8-6-10(3)7(2)5-11(8)9/h7-8H,4-6H2,1-3H3/t7-,8+/m1/s1. The zero-order valence-corrected chi connectivity index (χ0v) is 9.71. The van der Waals surface area contributed by atoms with E-state index in [2.05, 4.69) is 51.8 Å². The molecule has 0 radical (unpaired) electrons. The maximum Gasteiger partial charge on any atom is 0.0319 e. The van der Waals surface area contributed by atoms with E-state index in [0.29, 0.717) is 0 Å². The van der Waals surface area contributed by atoms with Crippen molar-refractivity contribution in [1.29, 1.82) is 0 Å². The average Bonchev–Trinajstić information content (AvgIpc) is 1.97. The van der Waals surface area contributed by atoms with Crippen LogP contribution in [0.4, 0.5) is 0 Å². The normalized spacial score (nSPS) is 36.0. The van der Waals surface area contributed by atoms with E-state index in [9.17, 15) is 0 Å². The summed E-state index contributed by atoms with van der Waals surface area (Å²) in [6, 6.07) is 1.48. The zero-order chi connectivity index (χ0) is 8.43. The Kier molecular flexibility index (Phi) is 3.58. The van der Waals surface area contributed by atoms with Crippen molar-refractivity contribution in [1.82, 2.24) is 8.01 Å². The number of rotatable bonds is 1. The predicted molar refractivity (Wildman–Crippen MR) is 56.9 cm³/mol. The van der Waals surface area contributed by atoms with E-state index in [4.69, 9.17) is 0 Å². The molecule has 66 valence electrons. The van der Waals surface area contributed by atoms with Gasteiger partial charge in [-0.15, -0.1) is 0 Å². The fourth-order valence-corrected chi connectivity index (χ4v) is 2.61. The molecule has 3 heteroatoms. The fourth-order valence-electron chi connectivity index (χ4n) is 1.47. The number of likely N-dealkylation sites (N-methyl/N-ethyl adjacent to an activating group) is 1. The number of hydrogen-bond acceptors (Lipinski definition) is 2. The van der Waals surface area contributed by atoms with E-state index in [1.165, 1.54) is 19.5 Å². The monoisotopic (exact) mass is 268 g/mol. The van der Waals surface area contributed by atoms with Crippen LogP contribution in [0.1, 0.15) is 20.3 Å². The molecule has 0 amide bonds. The minimum atomic E-state index is 0.717. The van der Waals surface area contributed by atoms with Crippen LogP contribution in [0.5, 0.6) is 0 Å². The van der Waals surface area contributed by atoms with Crippen LogP contribution in [0, 0.1) is 0 Å². The van der Waals surface area contributed by atoms with E-state index in [-0.39, 0.29) is 0 Å². The minimum Gasteiger partial charge on any atom is -0.301 e. The van der Waals surface area contributed by atoms with Gasteiger partial charge in [0.1, 0.15) is 0 Å². The van der Waals surface area contributed by atoms with Crippen molar-refractivity contribution >= 4 is 22.9 Å². The minimum absolute atomic E-state index is 0.717. The molecule has 1 fully saturated rings. The molecule has 11 heavy (non-hydrogen) atoms. The van der Waals surface area contributed by atoms with Gasteiger partial charge in [0, 0.05) is 48.0 Å². The van der Waals surface area contributed by atoms with Crippen LogP contribution in [0.15, 0.2) is 0 Å². The van der Waals surface area contributed by atoms with Crippen molar-refractivity contribution in [3.05, 3.63) is 0 Å². The molecule has 0 aromatic heterocycles. The first kappa shape index (κ1) is 9.74. The molecular weight excluding hydrogens is 251 g/mol. The average molecular weight is 268 g/mol. The van der Waals surface area contributed by atoms with E-state index >= 15 is 0 Å². The van der Waals surface area contributed by atoms with Crippen molar-refractivity contribution in [2.45, 2.75) is 32.4 Å². The molecule has 1 aliphatic heterocycles. The van der Waals surface area contributed by atoms with Gasteiger partial charge in [0.05, 0.1) is 0 Å². The summed E-state index contributed by atoms with van der Waals surface area (Å²) in [6.45, 7) is 6.98. The van der Waals surface area contributed by atoms with Gasteiger partial charge < -0.3 is 4.90 Å². The maximum absolute atomic E-state index is 2.45. The Morgan fingerprint density at radius 2 is 2.09 bits per heavy atom. The Balaban J connectivity index is 2.48. The highest BCUT2D eigenvalue weighted by molar-refractivity contribution is 14.1. The number of piperazine rings is 1. The summed E-state index contributed by atoms with van der Waals surface area (Å²) in [5.74, 6) is 0. The quantitative estimate of drug-likeness (QED) is 0.528. The lowest BCUT2D eigenvalue weighted by molar-refractivity contribution is 0.127. The Labute approximate surface area is 83.4 Å². The van der Waals surface area contributed by atoms with Gasteiger partial charge >= 0.3 is 0 Å². The van der Waals surface area contributed by atoms with Crippen molar-refractivity contribution in [3.63, 3.8) is 0 Å². The molecule has 0 N–H and O–H groups in total. The second-order valence-electron chi connectivity index (χ2n) is 3.43. The van der Waals surface area contributed by atoms with Gasteiger partial charge in [-0.2, -0.15) is 0 Å². The van der Waals surface area contributed by atoms with E-state index in [1.54, 1.807) is 0 Å². The van der Waals surface area contributed by atoms with E-state index in [1.807, 2.05) is 0 Å². The smallest absolute Gasteiger partial charge is 0.0319 e. The summed E-state index contributed by atoms with van der Waals surface area (Å²) >= 11 is 2.45. The van der Waals surface area contributed by atoms with Gasteiger partial charge in [-0.05, 0) is 20.4 Å². The van der Waals surface area contributed by atoms with Crippen molar-refractivity contribution in [3.8, 4) is 0 Å². The second kappa shape index (κ2) is 4.05. The molecule has 0 spiro atoms. The molecule has 0 unspecified atom stereocenters. The van der Waals surface area contributed by atoms with Gasteiger partial charge in [-0.1, -0.05) is 6.92 Å². The molecule has 0 aromatic carbocycles. The van der Waals surface area contributed by atoms with Crippen molar-refractivity contribution in [2.75, 3.05) is 20.1 Å². The topological polar surface area (TPSA) is 6.48 Å². The summed E-state index contributed by atoms with van der Waals surface area (Å²) in [6.07, 6.45) is 1.26. The fraction of sp³-hybridized carbons (Fsp3) is 1.00. The first-order chi connectivity index (χ1) is 5.15. The lowest BCUT2D eigenvalue weighted by Gasteiger charge is -2.40. The largest absolute Gasteiger partial charge is 0.301 e. The Hall–Kier alpha value is 0.650. The Bertz CT molecular complexity index is 129. The second-order valence-corrected chi connectivity index (χ2v) is 4.67. The van der Waals surface area contributed by atoms with Gasteiger partial charge in [0.15, 0.2) is 0 Å². The molecule has 1 heterocycles. The van der Waals surface area contributed by atoms with Crippen LogP contribution in [-0.4, -0.2) is 40.2 Å². The third-order valence-corrected chi connectivity index (χ3v) is 3.74. The molecular formula is C8H17IN2. The highest BCUT2D eigenvalue weighted by atomic mass is 127. The summed E-state index contributed by atoms with van der Waals surface area (Å²) in [4.78, 5) is 2.45. The molecule has 1 rings (SSSR count). The molecule has 0 aromatic rings. The molecule has 2 atom stereocenters. The van der Waals surface area contributed by atoms with Crippen LogP contribution in [-0.2, 0) is 0 Å². The first-order valence-corrected chi connectivity index (χ1v) is 5.24. The number of hydrogen-bond donors (Lipinski definition) is 0. The van der Waals surface area contributed by atoms with E-state index < -0.39 is 0 Å². The van der Waals surface area contributed by atoms with Crippen LogP contribution >= 0.6 is 22.9 Å². The lowest BCUT2D eigenvalue weighted by atomic mass is 10.1. The molecule has 0 saturated carbocycles. The zero-order valence-electron chi connectivity index (χ0n) is 7.55. The summed E-state index contributed by atoms with van der Waals surface area (Å²) in [5, 5.41) is 0. The van der Waals surface area contributed by atoms with Gasteiger partial charge in [-0.3, -0.25) is 0 Å². The van der Waals surface area contributed by atoms with Crippen molar-refractivity contribution < 1.29 is 0 Å². The first-order valence-electron chi connectivity index (χ1n) is 4.27. The maximum atomic E-state index is 2.45.